The van der Waals surface area contributed by atoms with Crippen molar-refractivity contribution in [2.45, 2.75) is 52.0 Å². The molecule has 1 unspecified atom stereocenters. The van der Waals surface area contributed by atoms with Gasteiger partial charge in [0.1, 0.15) is 5.57 Å². The Morgan fingerprint density at radius 3 is 2.49 bits per heavy atom. The van der Waals surface area contributed by atoms with Gasteiger partial charge < -0.3 is 4.90 Å². The monoisotopic (exact) mass is 533 g/mol. The van der Waals surface area contributed by atoms with E-state index in [0.717, 1.165) is 35.5 Å². The first-order valence-electron chi connectivity index (χ1n) is 11.4. The normalized spacial score (nSPS) is 20.8. The number of carbonyl (C=O) groups is 3. The molecule has 2 heterocycles. The highest BCUT2D eigenvalue weighted by atomic mass is 35.5. The van der Waals surface area contributed by atoms with Crippen LogP contribution in [-0.2, 0) is 9.59 Å². The standard InChI is InChI=1S/C26H26Cl3N3O3/c1-5-9-31-21-12-19(28)15(10-16(21)14(2)13-26(31,3)4)11-17-23(33)30-25(35)32(24(17)34)20-8-6-7-18(27)22(20)29/h6-8,10-12,14H,5,9,13H2,1-4H3,(H,30,33,35)/b17-11-. The molecule has 6 nitrogen and oxygen atoms in total. The Bertz CT molecular complexity index is 1270. The number of urea groups is 1. The summed E-state index contributed by atoms with van der Waals surface area (Å²) < 4.78 is 0. The summed E-state index contributed by atoms with van der Waals surface area (Å²) in [7, 11) is 0. The summed E-state index contributed by atoms with van der Waals surface area (Å²) >= 11 is 19.0. The predicted molar refractivity (Wildman–Crippen MR) is 142 cm³/mol. The van der Waals surface area contributed by atoms with Crippen LogP contribution in [0.5, 0.6) is 0 Å². The molecule has 4 rings (SSSR count). The van der Waals surface area contributed by atoms with E-state index in [2.05, 4.69) is 37.9 Å². The van der Waals surface area contributed by atoms with Crippen molar-refractivity contribution < 1.29 is 14.4 Å². The maximum absolute atomic E-state index is 13.3. The Morgan fingerprint density at radius 1 is 1.09 bits per heavy atom. The number of carbonyl (C=O) groups excluding carboxylic acids is 3. The van der Waals surface area contributed by atoms with Crippen molar-refractivity contribution in [1.82, 2.24) is 5.32 Å². The maximum Gasteiger partial charge on any atom is 0.336 e. The van der Waals surface area contributed by atoms with E-state index >= 15 is 0 Å². The number of benzene rings is 2. The fourth-order valence-electron chi connectivity index (χ4n) is 4.98. The second-order valence-electron chi connectivity index (χ2n) is 9.53. The van der Waals surface area contributed by atoms with Crippen LogP contribution in [0, 0.1) is 0 Å². The Labute approximate surface area is 219 Å². The molecule has 1 atom stereocenters. The lowest BCUT2D eigenvalue weighted by Crippen LogP contribution is -2.54. The zero-order valence-corrected chi connectivity index (χ0v) is 22.2. The SMILES string of the molecule is CCCN1c2cc(Cl)c(/C=C3/C(=O)NC(=O)N(c4cccc(Cl)c4Cl)C3=O)cc2C(C)CC1(C)C. The lowest BCUT2D eigenvalue weighted by Gasteiger charge is -2.47. The molecule has 2 aliphatic rings. The lowest BCUT2D eigenvalue weighted by atomic mass is 9.79. The van der Waals surface area contributed by atoms with Gasteiger partial charge in [-0.15, -0.1) is 0 Å². The molecule has 2 aromatic rings. The average Bonchev–Trinajstić information content (AvgIpc) is 2.77. The van der Waals surface area contributed by atoms with Gasteiger partial charge in [0.25, 0.3) is 11.8 Å². The van der Waals surface area contributed by atoms with Crippen LogP contribution < -0.4 is 15.1 Å². The fourth-order valence-corrected chi connectivity index (χ4v) is 5.57. The molecule has 2 aliphatic heterocycles. The van der Waals surface area contributed by atoms with Gasteiger partial charge in [0, 0.05) is 22.8 Å². The number of rotatable bonds is 4. The largest absolute Gasteiger partial charge is 0.366 e. The Hall–Kier alpha value is -2.54. The molecule has 0 saturated carbocycles. The molecular weight excluding hydrogens is 509 g/mol. The van der Waals surface area contributed by atoms with Crippen LogP contribution in [0.3, 0.4) is 0 Å². The van der Waals surface area contributed by atoms with E-state index in [-0.39, 0.29) is 32.8 Å². The summed E-state index contributed by atoms with van der Waals surface area (Å²) in [6, 6.07) is 7.52. The zero-order chi connectivity index (χ0) is 25.7. The van der Waals surface area contributed by atoms with E-state index in [1.54, 1.807) is 12.1 Å². The second kappa shape index (κ2) is 9.49. The maximum atomic E-state index is 13.3. The highest BCUT2D eigenvalue weighted by Crippen LogP contribution is 2.45. The summed E-state index contributed by atoms with van der Waals surface area (Å²) in [4.78, 5) is 41.7. The Morgan fingerprint density at radius 2 is 1.80 bits per heavy atom. The van der Waals surface area contributed by atoms with E-state index in [1.807, 2.05) is 12.1 Å². The van der Waals surface area contributed by atoms with E-state index in [1.165, 1.54) is 12.1 Å². The summed E-state index contributed by atoms with van der Waals surface area (Å²) in [5.41, 5.74) is 2.52. The third kappa shape index (κ3) is 4.55. The number of amides is 4. The number of nitrogens with one attached hydrogen (secondary N) is 1. The van der Waals surface area contributed by atoms with E-state index in [4.69, 9.17) is 34.8 Å². The quantitative estimate of drug-likeness (QED) is 0.345. The number of halogens is 3. The van der Waals surface area contributed by atoms with Crippen molar-refractivity contribution >= 4 is 70.1 Å². The second-order valence-corrected chi connectivity index (χ2v) is 10.7. The number of hydrogen-bond donors (Lipinski definition) is 1. The number of anilines is 2. The molecule has 4 amide bonds. The van der Waals surface area contributed by atoms with Crippen LogP contribution in [-0.4, -0.2) is 29.9 Å². The highest BCUT2D eigenvalue weighted by molar-refractivity contribution is 6.46. The molecular formula is C26H26Cl3N3O3. The van der Waals surface area contributed by atoms with Crippen molar-refractivity contribution in [1.29, 1.82) is 0 Å². The Balaban J connectivity index is 1.79. The molecule has 1 N–H and O–H groups in total. The van der Waals surface area contributed by atoms with Crippen LogP contribution in [0.25, 0.3) is 6.08 Å². The summed E-state index contributed by atoms with van der Waals surface area (Å²) in [6.07, 6.45) is 3.37. The van der Waals surface area contributed by atoms with Crippen molar-refractivity contribution in [3.8, 4) is 0 Å². The minimum absolute atomic E-state index is 0.0257. The lowest BCUT2D eigenvalue weighted by molar-refractivity contribution is -0.122. The van der Waals surface area contributed by atoms with Gasteiger partial charge >= 0.3 is 6.03 Å². The first kappa shape index (κ1) is 25.5. The smallest absolute Gasteiger partial charge is 0.336 e. The van der Waals surface area contributed by atoms with Gasteiger partial charge in [-0.05, 0) is 74.1 Å². The third-order valence-electron chi connectivity index (χ3n) is 6.52. The predicted octanol–water partition coefficient (Wildman–Crippen LogP) is 6.82. The van der Waals surface area contributed by atoms with Crippen LogP contribution in [0.15, 0.2) is 35.9 Å². The van der Waals surface area contributed by atoms with Gasteiger partial charge in [0.15, 0.2) is 0 Å². The number of nitrogens with zero attached hydrogens (tertiary/aromatic N) is 2. The molecule has 0 spiro atoms. The molecule has 2 aromatic carbocycles. The molecule has 1 saturated heterocycles. The van der Waals surface area contributed by atoms with Gasteiger partial charge in [0.2, 0.25) is 0 Å². The molecule has 184 valence electrons. The molecule has 0 bridgehead atoms. The van der Waals surface area contributed by atoms with E-state index < -0.39 is 17.8 Å². The van der Waals surface area contributed by atoms with Crippen molar-refractivity contribution in [3.05, 3.63) is 62.1 Å². The van der Waals surface area contributed by atoms with Crippen LogP contribution in [0.1, 0.15) is 57.6 Å². The average molecular weight is 535 g/mol. The highest BCUT2D eigenvalue weighted by Gasteiger charge is 2.39. The van der Waals surface area contributed by atoms with Gasteiger partial charge in [-0.3, -0.25) is 14.9 Å². The first-order chi connectivity index (χ1) is 16.5. The fraction of sp³-hybridized carbons (Fsp3) is 0.346. The van der Waals surface area contributed by atoms with Crippen LogP contribution >= 0.6 is 34.8 Å². The van der Waals surface area contributed by atoms with Gasteiger partial charge in [-0.25, -0.2) is 9.69 Å². The molecule has 35 heavy (non-hydrogen) atoms. The van der Waals surface area contributed by atoms with E-state index in [0.29, 0.717) is 10.6 Å². The molecule has 1 fully saturated rings. The number of imide groups is 2. The number of hydrogen-bond acceptors (Lipinski definition) is 4. The number of barbiturate groups is 1. The number of fused-ring (bicyclic) bond motifs is 1. The van der Waals surface area contributed by atoms with Crippen LogP contribution in [0.2, 0.25) is 15.1 Å². The van der Waals surface area contributed by atoms with Gasteiger partial charge in [-0.1, -0.05) is 54.7 Å². The summed E-state index contributed by atoms with van der Waals surface area (Å²) in [5, 5.41) is 2.83. The molecule has 0 radical (unpaired) electrons. The minimum atomic E-state index is -0.899. The third-order valence-corrected chi connectivity index (χ3v) is 7.66. The van der Waals surface area contributed by atoms with Crippen molar-refractivity contribution in [3.63, 3.8) is 0 Å². The van der Waals surface area contributed by atoms with Gasteiger partial charge in [-0.2, -0.15) is 0 Å². The first-order valence-corrected chi connectivity index (χ1v) is 12.6. The van der Waals surface area contributed by atoms with Gasteiger partial charge in [0.05, 0.1) is 15.7 Å². The summed E-state index contributed by atoms with van der Waals surface area (Å²) in [6.45, 7) is 9.64. The van der Waals surface area contributed by atoms with E-state index in [9.17, 15) is 14.4 Å². The molecule has 0 aliphatic carbocycles. The minimum Gasteiger partial charge on any atom is -0.366 e. The molecule has 9 heteroatoms. The topological polar surface area (TPSA) is 69.7 Å². The Kier molecular flexibility index (Phi) is 6.93. The van der Waals surface area contributed by atoms with Crippen molar-refractivity contribution in [2.75, 3.05) is 16.3 Å². The van der Waals surface area contributed by atoms with Crippen LogP contribution in [0.4, 0.5) is 16.2 Å². The van der Waals surface area contributed by atoms with Crippen molar-refractivity contribution in [2.24, 2.45) is 0 Å². The summed E-state index contributed by atoms with van der Waals surface area (Å²) in [5.74, 6) is -1.36. The molecule has 0 aromatic heterocycles. The zero-order valence-electron chi connectivity index (χ0n) is 19.9.